The van der Waals surface area contributed by atoms with Gasteiger partial charge in [-0.25, -0.2) is 4.79 Å². The van der Waals surface area contributed by atoms with Gasteiger partial charge >= 0.3 is 6.09 Å². The van der Waals surface area contributed by atoms with Crippen LogP contribution >= 0.6 is 24.0 Å². The number of carbonyl (C=O) groups excluding carboxylic acids is 2. The number of aliphatic imine (C=N–C) groups is 1. The lowest BCUT2D eigenvalue weighted by Crippen LogP contribution is -2.50. The van der Waals surface area contributed by atoms with Gasteiger partial charge < -0.3 is 25.6 Å². The van der Waals surface area contributed by atoms with Crippen LogP contribution in [0.5, 0.6) is 0 Å². The maximum absolute atomic E-state index is 11.9. The fraction of sp³-hybridized carbons (Fsp3) is 0.824. The number of nitrogens with zero attached hydrogens (tertiary/aromatic N) is 2. The highest BCUT2D eigenvalue weighted by atomic mass is 127. The molecule has 1 saturated heterocycles. The van der Waals surface area contributed by atoms with E-state index < -0.39 is 5.41 Å². The number of ether oxygens (including phenoxy) is 1. The summed E-state index contributed by atoms with van der Waals surface area (Å²) < 4.78 is 5.04. The molecule has 26 heavy (non-hydrogen) atoms. The molecule has 9 heteroatoms. The van der Waals surface area contributed by atoms with Gasteiger partial charge in [-0.1, -0.05) is 0 Å². The number of rotatable bonds is 6. The Morgan fingerprint density at radius 3 is 2.35 bits per heavy atom. The zero-order chi connectivity index (χ0) is 18.9. The van der Waals surface area contributed by atoms with Crippen LogP contribution in [0, 0.1) is 5.41 Å². The van der Waals surface area contributed by atoms with E-state index in [-0.39, 0.29) is 42.0 Å². The van der Waals surface area contributed by atoms with Gasteiger partial charge in [0.15, 0.2) is 5.96 Å². The second-order valence-corrected chi connectivity index (χ2v) is 6.76. The van der Waals surface area contributed by atoms with Crippen molar-refractivity contribution in [2.75, 3.05) is 39.8 Å². The lowest BCUT2D eigenvalue weighted by molar-refractivity contribution is -0.128. The molecule has 0 aliphatic carbocycles. The predicted molar refractivity (Wildman–Crippen MR) is 114 cm³/mol. The largest absolute Gasteiger partial charge is 0.450 e. The molecule has 0 radical (unpaired) electrons. The molecule has 2 amide bonds. The van der Waals surface area contributed by atoms with Crippen molar-refractivity contribution in [1.82, 2.24) is 20.9 Å². The molecule has 0 bridgehead atoms. The van der Waals surface area contributed by atoms with Crippen LogP contribution in [0.3, 0.4) is 0 Å². The van der Waals surface area contributed by atoms with Crippen molar-refractivity contribution in [2.45, 2.75) is 46.6 Å². The van der Waals surface area contributed by atoms with Gasteiger partial charge in [0.2, 0.25) is 5.91 Å². The molecule has 8 nitrogen and oxygen atoms in total. The summed E-state index contributed by atoms with van der Waals surface area (Å²) >= 11 is 0. The first-order chi connectivity index (χ1) is 11.8. The molecule has 1 rings (SSSR count). The molecule has 0 unspecified atom stereocenters. The summed E-state index contributed by atoms with van der Waals surface area (Å²) in [5.74, 6) is 0.670. The molecular weight excluding hydrogens is 449 g/mol. The van der Waals surface area contributed by atoms with Crippen LogP contribution in [0.4, 0.5) is 4.79 Å². The van der Waals surface area contributed by atoms with E-state index in [9.17, 15) is 9.59 Å². The number of nitrogens with one attached hydrogen (secondary N) is 3. The first-order valence-corrected chi connectivity index (χ1v) is 9.02. The van der Waals surface area contributed by atoms with Gasteiger partial charge in [0.1, 0.15) is 0 Å². The van der Waals surface area contributed by atoms with Crippen molar-refractivity contribution in [3.63, 3.8) is 0 Å². The van der Waals surface area contributed by atoms with E-state index in [1.807, 2.05) is 27.7 Å². The van der Waals surface area contributed by atoms with Crippen molar-refractivity contribution in [2.24, 2.45) is 10.4 Å². The minimum Gasteiger partial charge on any atom is -0.450 e. The molecule has 1 heterocycles. The van der Waals surface area contributed by atoms with E-state index in [0.29, 0.717) is 32.2 Å². The highest BCUT2D eigenvalue weighted by molar-refractivity contribution is 14.0. The summed E-state index contributed by atoms with van der Waals surface area (Å²) in [6.07, 6.45) is 1.43. The number of carbonyl (C=O) groups is 2. The Kier molecular flexibility index (Phi) is 11.6. The summed E-state index contributed by atoms with van der Waals surface area (Å²) in [7, 11) is 1.63. The van der Waals surface area contributed by atoms with Gasteiger partial charge in [0.05, 0.1) is 18.6 Å². The number of halogens is 1. The van der Waals surface area contributed by atoms with Crippen LogP contribution < -0.4 is 16.0 Å². The second kappa shape index (κ2) is 12.2. The Morgan fingerprint density at radius 2 is 1.85 bits per heavy atom. The molecule has 1 aliphatic rings. The van der Waals surface area contributed by atoms with Crippen LogP contribution in [0.1, 0.15) is 40.5 Å². The number of amides is 2. The highest BCUT2D eigenvalue weighted by Gasteiger charge is 2.27. The second-order valence-electron chi connectivity index (χ2n) is 6.76. The molecule has 0 aromatic heterocycles. The quantitative estimate of drug-likeness (QED) is 0.303. The third-order valence-corrected chi connectivity index (χ3v) is 4.18. The first-order valence-electron chi connectivity index (χ1n) is 9.02. The van der Waals surface area contributed by atoms with Crippen molar-refractivity contribution < 1.29 is 14.3 Å². The molecule has 1 aliphatic heterocycles. The Morgan fingerprint density at radius 1 is 1.23 bits per heavy atom. The molecule has 0 aromatic rings. The Hall–Kier alpha value is -1.26. The lowest BCUT2D eigenvalue weighted by atomic mass is 9.93. The standard InChI is InChI=1S/C17H33N5O3.HI/c1-6-19-15(20-12-17(3,4)14(23)18-5)21-13-8-10-22(11-9-13)16(24)25-7-2;/h13H,6-12H2,1-5H3,(H,18,23)(H2,19,20,21);1H. The number of piperidine rings is 1. The van der Waals surface area contributed by atoms with Gasteiger partial charge in [-0.05, 0) is 40.5 Å². The topological polar surface area (TPSA) is 95.1 Å². The van der Waals surface area contributed by atoms with E-state index in [2.05, 4.69) is 20.9 Å². The van der Waals surface area contributed by atoms with Crippen LogP contribution in [-0.4, -0.2) is 68.7 Å². The smallest absolute Gasteiger partial charge is 0.409 e. The number of guanidine groups is 1. The maximum Gasteiger partial charge on any atom is 0.409 e. The average Bonchev–Trinajstić information content (AvgIpc) is 2.60. The fourth-order valence-corrected chi connectivity index (χ4v) is 2.62. The normalized spacial score (nSPS) is 15.7. The minimum atomic E-state index is -0.565. The van der Waals surface area contributed by atoms with E-state index in [1.54, 1.807) is 11.9 Å². The van der Waals surface area contributed by atoms with Crippen molar-refractivity contribution >= 4 is 41.9 Å². The first kappa shape index (κ1) is 24.7. The minimum absolute atomic E-state index is 0. The Labute approximate surface area is 173 Å². The van der Waals surface area contributed by atoms with Crippen molar-refractivity contribution in [1.29, 1.82) is 0 Å². The molecule has 0 saturated carbocycles. The van der Waals surface area contributed by atoms with Crippen LogP contribution in [-0.2, 0) is 9.53 Å². The summed E-state index contributed by atoms with van der Waals surface area (Å²) in [6, 6.07) is 0.242. The zero-order valence-electron chi connectivity index (χ0n) is 16.6. The van der Waals surface area contributed by atoms with Crippen LogP contribution in [0.25, 0.3) is 0 Å². The fourth-order valence-electron chi connectivity index (χ4n) is 2.62. The third kappa shape index (κ3) is 7.96. The highest BCUT2D eigenvalue weighted by Crippen LogP contribution is 2.15. The Balaban J connectivity index is 0.00000625. The molecule has 0 aromatic carbocycles. The monoisotopic (exact) mass is 483 g/mol. The van der Waals surface area contributed by atoms with Gasteiger partial charge in [0.25, 0.3) is 0 Å². The SMILES string of the molecule is CCNC(=NCC(C)(C)C(=O)NC)NC1CCN(C(=O)OCC)CC1.I. The predicted octanol–water partition coefficient (Wildman–Crippen LogP) is 1.55. The van der Waals surface area contributed by atoms with E-state index >= 15 is 0 Å². The van der Waals surface area contributed by atoms with Crippen LogP contribution in [0.15, 0.2) is 4.99 Å². The molecule has 3 N–H and O–H groups in total. The Bertz CT molecular complexity index is 477. The van der Waals surface area contributed by atoms with Gasteiger partial charge in [-0.15, -0.1) is 24.0 Å². The molecule has 1 fully saturated rings. The molecular formula is C17H34IN5O3. The molecule has 0 spiro atoms. The zero-order valence-corrected chi connectivity index (χ0v) is 18.9. The number of hydrogen-bond donors (Lipinski definition) is 3. The molecule has 152 valence electrons. The van der Waals surface area contributed by atoms with Gasteiger partial charge in [-0.3, -0.25) is 9.79 Å². The van der Waals surface area contributed by atoms with E-state index in [0.717, 1.165) is 19.4 Å². The summed E-state index contributed by atoms with van der Waals surface area (Å²) in [5, 5.41) is 9.29. The third-order valence-electron chi connectivity index (χ3n) is 4.18. The van der Waals surface area contributed by atoms with Gasteiger partial charge in [-0.2, -0.15) is 0 Å². The summed E-state index contributed by atoms with van der Waals surface area (Å²) in [4.78, 5) is 29.9. The summed E-state index contributed by atoms with van der Waals surface area (Å²) in [5.41, 5.74) is -0.565. The summed E-state index contributed by atoms with van der Waals surface area (Å²) in [6.45, 7) is 10.4. The van der Waals surface area contributed by atoms with Crippen molar-refractivity contribution in [3.8, 4) is 0 Å². The van der Waals surface area contributed by atoms with Gasteiger partial charge in [0, 0.05) is 32.7 Å². The number of hydrogen-bond acceptors (Lipinski definition) is 4. The average molecular weight is 483 g/mol. The lowest BCUT2D eigenvalue weighted by Gasteiger charge is -2.32. The van der Waals surface area contributed by atoms with Crippen LogP contribution in [0.2, 0.25) is 0 Å². The number of likely N-dealkylation sites (tertiary alicyclic amines) is 1. The molecule has 0 atom stereocenters. The van der Waals surface area contributed by atoms with Crippen molar-refractivity contribution in [3.05, 3.63) is 0 Å². The maximum atomic E-state index is 11.9. The van der Waals surface area contributed by atoms with E-state index in [1.165, 1.54) is 0 Å². The van der Waals surface area contributed by atoms with E-state index in [4.69, 9.17) is 4.74 Å².